The van der Waals surface area contributed by atoms with Crippen molar-refractivity contribution in [3.8, 4) is 0 Å². The largest absolute Gasteiger partial charge is 0.379 e. The number of carbonyl (C=O) groups excluding carboxylic acids is 1. The number of rotatable bonds is 4. The standard InChI is InChI=1S/C9H17NO2/c1-2-3-4-8(11)9(10)5-6-12-7-9/h2-7,10H2,1H3. The summed E-state index contributed by atoms with van der Waals surface area (Å²) in [5.74, 6) is 0.168. The molecule has 1 aliphatic rings. The lowest BCUT2D eigenvalue weighted by atomic mass is 9.91. The minimum atomic E-state index is -0.658. The Morgan fingerprint density at radius 3 is 2.92 bits per heavy atom. The molecule has 12 heavy (non-hydrogen) atoms. The van der Waals surface area contributed by atoms with Crippen molar-refractivity contribution in [3.05, 3.63) is 0 Å². The average molecular weight is 171 g/mol. The first-order valence-electron chi connectivity index (χ1n) is 4.59. The van der Waals surface area contributed by atoms with Crippen LogP contribution >= 0.6 is 0 Å². The molecule has 1 rings (SSSR count). The number of unbranched alkanes of at least 4 members (excludes halogenated alkanes) is 1. The van der Waals surface area contributed by atoms with Gasteiger partial charge in [-0.1, -0.05) is 13.3 Å². The summed E-state index contributed by atoms with van der Waals surface area (Å²) in [6, 6.07) is 0. The molecule has 0 spiro atoms. The van der Waals surface area contributed by atoms with Crippen LogP contribution in [0.1, 0.15) is 32.6 Å². The molecule has 1 unspecified atom stereocenters. The van der Waals surface area contributed by atoms with Crippen LogP contribution in [-0.2, 0) is 9.53 Å². The molecule has 0 aliphatic carbocycles. The van der Waals surface area contributed by atoms with E-state index < -0.39 is 5.54 Å². The van der Waals surface area contributed by atoms with Crippen LogP contribution in [0, 0.1) is 0 Å². The van der Waals surface area contributed by atoms with Gasteiger partial charge >= 0.3 is 0 Å². The Labute approximate surface area is 73.3 Å². The smallest absolute Gasteiger partial charge is 0.155 e. The van der Waals surface area contributed by atoms with Crippen molar-refractivity contribution in [2.45, 2.75) is 38.1 Å². The Morgan fingerprint density at radius 1 is 1.67 bits per heavy atom. The van der Waals surface area contributed by atoms with Crippen molar-refractivity contribution >= 4 is 5.78 Å². The highest BCUT2D eigenvalue weighted by Crippen LogP contribution is 2.18. The van der Waals surface area contributed by atoms with Crippen LogP contribution in [0.5, 0.6) is 0 Å². The fourth-order valence-corrected chi connectivity index (χ4v) is 1.39. The third-order valence-electron chi connectivity index (χ3n) is 2.36. The molecule has 2 N–H and O–H groups in total. The molecule has 0 saturated carbocycles. The Balaban J connectivity index is 2.39. The monoisotopic (exact) mass is 171 g/mol. The van der Waals surface area contributed by atoms with Crippen LogP contribution in [0.2, 0.25) is 0 Å². The molecule has 0 amide bonds. The number of Topliss-reactive ketones (excluding diaryl/α,β-unsaturated/α-hetero) is 1. The lowest BCUT2D eigenvalue weighted by Gasteiger charge is -2.19. The third-order valence-corrected chi connectivity index (χ3v) is 2.36. The van der Waals surface area contributed by atoms with Crippen molar-refractivity contribution in [3.63, 3.8) is 0 Å². The molecule has 1 aliphatic heterocycles. The first-order chi connectivity index (χ1) is 5.69. The molecule has 1 saturated heterocycles. The minimum Gasteiger partial charge on any atom is -0.379 e. The van der Waals surface area contributed by atoms with Crippen LogP contribution in [0.25, 0.3) is 0 Å². The SMILES string of the molecule is CCCCC(=O)C1(N)CCOC1. The second kappa shape index (κ2) is 4.01. The maximum Gasteiger partial charge on any atom is 0.155 e. The summed E-state index contributed by atoms with van der Waals surface area (Å²) >= 11 is 0. The lowest BCUT2D eigenvalue weighted by molar-refractivity contribution is -0.124. The van der Waals surface area contributed by atoms with Crippen molar-refractivity contribution in [1.29, 1.82) is 0 Å². The Bertz CT molecular complexity index is 162. The van der Waals surface area contributed by atoms with E-state index >= 15 is 0 Å². The first kappa shape index (κ1) is 9.68. The summed E-state index contributed by atoms with van der Waals surface area (Å²) in [7, 11) is 0. The zero-order valence-electron chi connectivity index (χ0n) is 7.64. The summed E-state index contributed by atoms with van der Waals surface area (Å²) in [6.45, 7) is 3.12. The van der Waals surface area contributed by atoms with E-state index in [1.54, 1.807) is 0 Å². The van der Waals surface area contributed by atoms with Gasteiger partial charge in [-0.05, 0) is 12.8 Å². The highest BCUT2D eigenvalue weighted by Gasteiger charge is 2.36. The zero-order chi connectivity index (χ0) is 9.03. The summed E-state index contributed by atoms with van der Waals surface area (Å²) in [6.07, 6.45) is 3.28. The first-order valence-corrected chi connectivity index (χ1v) is 4.59. The van der Waals surface area contributed by atoms with E-state index in [2.05, 4.69) is 6.92 Å². The molecule has 0 bridgehead atoms. The van der Waals surface area contributed by atoms with E-state index in [0.717, 1.165) is 12.8 Å². The van der Waals surface area contributed by atoms with Gasteiger partial charge in [0.1, 0.15) is 5.54 Å². The molecule has 1 fully saturated rings. The lowest BCUT2D eigenvalue weighted by Crippen LogP contribution is -2.48. The fraction of sp³-hybridized carbons (Fsp3) is 0.889. The minimum absolute atomic E-state index is 0.168. The number of nitrogens with two attached hydrogens (primary N) is 1. The Kier molecular flexibility index (Phi) is 3.23. The van der Waals surface area contributed by atoms with E-state index in [4.69, 9.17) is 10.5 Å². The van der Waals surface area contributed by atoms with Crippen LogP contribution < -0.4 is 5.73 Å². The van der Waals surface area contributed by atoms with Crippen LogP contribution in [0.15, 0.2) is 0 Å². The highest BCUT2D eigenvalue weighted by molar-refractivity contribution is 5.88. The summed E-state index contributed by atoms with van der Waals surface area (Å²) in [4.78, 5) is 11.5. The topological polar surface area (TPSA) is 52.3 Å². The maximum absolute atomic E-state index is 11.5. The number of ether oxygens (including phenoxy) is 1. The highest BCUT2D eigenvalue weighted by atomic mass is 16.5. The van der Waals surface area contributed by atoms with Gasteiger partial charge in [-0.2, -0.15) is 0 Å². The van der Waals surface area contributed by atoms with Gasteiger partial charge in [-0.3, -0.25) is 4.79 Å². The quantitative estimate of drug-likeness (QED) is 0.682. The predicted octanol–water partition coefficient (Wildman–Crippen LogP) is 0.864. The molecule has 1 atom stereocenters. The van der Waals surface area contributed by atoms with Crippen LogP contribution in [0.4, 0.5) is 0 Å². The van der Waals surface area contributed by atoms with E-state index in [0.29, 0.717) is 26.1 Å². The van der Waals surface area contributed by atoms with E-state index in [-0.39, 0.29) is 5.78 Å². The second-order valence-corrected chi connectivity index (χ2v) is 3.49. The summed E-state index contributed by atoms with van der Waals surface area (Å²) < 4.78 is 5.12. The normalized spacial score (nSPS) is 29.2. The van der Waals surface area contributed by atoms with Gasteiger partial charge in [0.05, 0.1) is 6.61 Å². The van der Waals surface area contributed by atoms with E-state index in [1.165, 1.54) is 0 Å². The van der Waals surface area contributed by atoms with Crippen molar-refractivity contribution < 1.29 is 9.53 Å². The van der Waals surface area contributed by atoms with Crippen molar-refractivity contribution in [2.24, 2.45) is 5.73 Å². The number of ketones is 1. The Morgan fingerprint density at radius 2 is 2.42 bits per heavy atom. The molecule has 3 heteroatoms. The predicted molar refractivity (Wildman–Crippen MR) is 46.9 cm³/mol. The molecule has 3 nitrogen and oxygen atoms in total. The summed E-state index contributed by atoms with van der Waals surface area (Å²) in [5, 5.41) is 0. The van der Waals surface area contributed by atoms with Gasteiger partial charge in [0.15, 0.2) is 5.78 Å². The van der Waals surface area contributed by atoms with E-state index in [9.17, 15) is 4.79 Å². The average Bonchev–Trinajstić information content (AvgIpc) is 2.49. The maximum atomic E-state index is 11.5. The molecule has 1 heterocycles. The molecule has 0 aromatic rings. The van der Waals surface area contributed by atoms with Crippen LogP contribution in [0.3, 0.4) is 0 Å². The van der Waals surface area contributed by atoms with Gasteiger partial charge in [-0.25, -0.2) is 0 Å². The van der Waals surface area contributed by atoms with Gasteiger partial charge in [0.2, 0.25) is 0 Å². The number of carbonyl (C=O) groups is 1. The molecule has 0 aromatic carbocycles. The van der Waals surface area contributed by atoms with Gasteiger partial charge < -0.3 is 10.5 Å². The molecule has 0 radical (unpaired) electrons. The van der Waals surface area contributed by atoms with Gasteiger partial charge in [-0.15, -0.1) is 0 Å². The number of hydrogen-bond donors (Lipinski definition) is 1. The van der Waals surface area contributed by atoms with Crippen molar-refractivity contribution in [2.75, 3.05) is 13.2 Å². The van der Waals surface area contributed by atoms with Crippen LogP contribution in [-0.4, -0.2) is 24.5 Å². The fourth-order valence-electron chi connectivity index (χ4n) is 1.39. The summed E-state index contributed by atoms with van der Waals surface area (Å²) in [5.41, 5.74) is 5.21. The Hall–Kier alpha value is -0.410. The van der Waals surface area contributed by atoms with Gasteiger partial charge in [0, 0.05) is 13.0 Å². The molecular weight excluding hydrogens is 154 g/mol. The van der Waals surface area contributed by atoms with Gasteiger partial charge in [0.25, 0.3) is 0 Å². The molecule has 0 aromatic heterocycles. The zero-order valence-corrected chi connectivity index (χ0v) is 7.64. The molecule has 70 valence electrons. The number of hydrogen-bond acceptors (Lipinski definition) is 3. The second-order valence-electron chi connectivity index (χ2n) is 3.49. The van der Waals surface area contributed by atoms with Crippen molar-refractivity contribution in [1.82, 2.24) is 0 Å². The molecular formula is C9H17NO2. The van der Waals surface area contributed by atoms with E-state index in [1.807, 2.05) is 0 Å². The third kappa shape index (κ3) is 2.05.